The van der Waals surface area contributed by atoms with Crippen molar-refractivity contribution in [2.75, 3.05) is 6.54 Å². The number of aliphatic hydroxyl groups excluding tert-OH is 2. The van der Waals surface area contributed by atoms with Crippen molar-refractivity contribution in [3.63, 3.8) is 0 Å². The molecule has 0 aliphatic rings. The molecule has 0 heterocycles. The van der Waals surface area contributed by atoms with Crippen LogP contribution in [0.4, 0.5) is 0 Å². The smallest absolute Gasteiger partial charge is 0.104 e. The third-order valence-electron chi connectivity index (χ3n) is 3.04. The van der Waals surface area contributed by atoms with E-state index in [9.17, 15) is 10.2 Å². The number of hydrogen-bond donors (Lipinski definition) is 3. The van der Waals surface area contributed by atoms with E-state index in [2.05, 4.69) is 12.2 Å². The zero-order chi connectivity index (χ0) is 12.9. The first-order chi connectivity index (χ1) is 8.20. The van der Waals surface area contributed by atoms with Gasteiger partial charge in [-0.3, -0.25) is 5.32 Å². The van der Waals surface area contributed by atoms with Crippen molar-refractivity contribution < 1.29 is 10.2 Å². The summed E-state index contributed by atoms with van der Waals surface area (Å²) in [5.41, 5.74) is 0. The highest BCUT2D eigenvalue weighted by Crippen LogP contribution is 2.08. The topological polar surface area (TPSA) is 52.5 Å². The Morgan fingerprint density at radius 2 is 1.47 bits per heavy atom. The maximum absolute atomic E-state index is 9.70. The van der Waals surface area contributed by atoms with Gasteiger partial charge in [0.15, 0.2) is 0 Å². The SMILES string of the molecule is CCCCCCCCC(O)CNC(O)CCC. The molecule has 3 nitrogen and oxygen atoms in total. The quantitative estimate of drug-likeness (QED) is 0.366. The average Bonchev–Trinajstić information content (AvgIpc) is 2.31. The molecule has 0 aromatic heterocycles. The van der Waals surface area contributed by atoms with Crippen LogP contribution in [0, 0.1) is 0 Å². The van der Waals surface area contributed by atoms with E-state index in [1.807, 2.05) is 6.92 Å². The first-order valence-electron chi connectivity index (χ1n) is 7.30. The minimum absolute atomic E-state index is 0.312. The zero-order valence-electron chi connectivity index (χ0n) is 11.6. The van der Waals surface area contributed by atoms with Gasteiger partial charge in [0.2, 0.25) is 0 Å². The first-order valence-corrected chi connectivity index (χ1v) is 7.30. The Bertz CT molecular complexity index is 153. The number of nitrogens with one attached hydrogen (secondary N) is 1. The lowest BCUT2D eigenvalue weighted by Gasteiger charge is -2.15. The van der Waals surface area contributed by atoms with Crippen LogP contribution < -0.4 is 5.32 Å². The van der Waals surface area contributed by atoms with Gasteiger partial charge in [-0.2, -0.15) is 0 Å². The number of aliphatic hydroxyl groups is 2. The normalized spacial score (nSPS) is 14.8. The van der Waals surface area contributed by atoms with Crippen LogP contribution in [0.2, 0.25) is 0 Å². The molecule has 0 aliphatic carbocycles. The maximum Gasteiger partial charge on any atom is 0.104 e. The van der Waals surface area contributed by atoms with Crippen LogP contribution in [0.1, 0.15) is 71.6 Å². The second-order valence-electron chi connectivity index (χ2n) is 4.92. The number of unbranched alkanes of at least 4 members (excludes halogenated alkanes) is 5. The molecule has 0 spiro atoms. The summed E-state index contributed by atoms with van der Waals surface area (Å²) in [4.78, 5) is 0. The lowest BCUT2D eigenvalue weighted by molar-refractivity contribution is 0.0910. The molecule has 0 saturated carbocycles. The Hall–Kier alpha value is -0.120. The number of hydrogen-bond acceptors (Lipinski definition) is 3. The molecule has 0 amide bonds. The highest BCUT2D eigenvalue weighted by atomic mass is 16.3. The predicted molar refractivity (Wildman–Crippen MR) is 72.9 cm³/mol. The van der Waals surface area contributed by atoms with E-state index in [0.717, 1.165) is 25.7 Å². The molecule has 2 unspecified atom stereocenters. The molecule has 104 valence electrons. The van der Waals surface area contributed by atoms with Crippen LogP contribution in [0.25, 0.3) is 0 Å². The van der Waals surface area contributed by atoms with Crippen LogP contribution in [0.15, 0.2) is 0 Å². The minimum atomic E-state index is -0.459. The molecule has 3 N–H and O–H groups in total. The molecule has 0 rings (SSSR count). The fourth-order valence-electron chi connectivity index (χ4n) is 1.91. The molecule has 0 aromatic carbocycles. The van der Waals surface area contributed by atoms with Gasteiger partial charge in [-0.1, -0.05) is 58.8 Å². The minimum Gasteiger partial charge on any atom is -0.392 e. The van der Waals surface area contributed by atoms with Crippen molar-refractivity contribution in [3.05, 3.63) is 0 Å². The van der Waals surface area contributed by atoms with Crippen molar-refractivity contribution in [3.8, 4) is 0 Å². The van der Waals surface area contributed by atoms with Gasteiger partial charge < -0.3 is 10.2 Å². The van der Waals surface area contributed by atoms with Gasteiger partial charge in [0.25, 0.3) is 0 Å². The zero-order valence-corrected chi connectivity index (χ0v) is 11.6. The van der Waals surface area contributed by atoms with Crippen molar-refractivity contribution in [1.82, 2.24) is 5.32 Å². The van der Waals surface area contributed by atoms with Crippen molar-refractivity contribution in [2.45, 2.75) is 84.0 Å². The van der Waals surface area contributed by atoms with E-state index in [0.29, 0.717) is 6.54 Å². The predicted octanol–water partition coefficient (Wildman–Crippen LogP) is 2.81. The summed E-state index contributed by atoms with van der Waals surface area (Å²) in [7, 11) is 0. The Morgan fingerprint density at radius 3 is 2.12 bits per heavy atom. The van der Waals surface area contributed by atoms with Gasteiger partial charge in [0, 0.05) is 6.54 Å². The van der Waals surface area contributed by atoms with E-state index >= 15 is 0 Å². The molecule has 17 heavy (non-hydrogen) atoms. The maximum atomic E-state index is 9.70. The summed E-state index contributed by atoms with van der Waals surface area (Å²) in [6.45, 7) is 4.77. The fraction of sp³-hybridized carbons (Fsp3) is 1.00. The van der Waals surface area contributed by atoms with Crippen LogP contribution >= 0.6 is 0 Å². The molecule has 0 saturated heterocycles. The third-order valence-corrected chi connectivity index (χ3v) is 3.04. The highest BCUT2D eigenvalue weighted by Gasteiger charge is 2.06. The van der Waals surface area contributed by atoms with E-state index in [-0.39, 0.29) is 6.10 Å². The third kappa shape index (κ3) is 12.1. The van der Waals surface area contributed by atoms with Crippen molar-refractivity contribution in [2.24, 2.45) is 0 Å². The van der Waals surface area contributed by atoms with Crippen molar-refractivity contribution in [1.29, 1.82) is 0 Å². The van der Waals surface area contributed by atoms with Crippen molar-refractivity contribution >= 4 is 0 Å². The summed E-state index contributed by atoms with van der Waals surface area (Å²) in [5, 5.41) is 22.1. The summed E-state index contributed by atoms with van der Waals surface area (Å²) in [6.07, 6.45) is 9.31. The Kier molecular flexibility index (Phi) is 12.3. The lowest BCUT2D eigenvalue weighted by Crippen LogP contribution is -2.35. The standard InChI is InChI=1S/C14H31NO2/c1-3-5-6-7-8-9-11-13(16)12-15-14(17)10-4-2/h13-17H,3-12H2,1-2H3. The monoisotopic (exact) mass is 245 g/mol. The molecule has 0 fully saturated rings. The molecule has 0 radical (unpaired) electrons. The largest absolute Gasteiger partial charge is 0.392 e. The summed E-state index contributed by atoms with van der Waals surface area (Å²) in [6, 6.07) is 0. The van der Waals surface area contributed by atoms with E-state index in [4.69, 9.17) is 0 Å². The molecule has 3 heteroatoms. The van der Waals surface area contributed by atoms with Gasteiger partial charge >= 0.3 is 0 Å². The van der Waals surface area contributed by atoms with Gasteiger partial charge in [0.05, 0.1) is 6.10 Å². The Morgan fingerprint density at radius 1 is 0.824 bits per heavy atom. The van der Waals surface area contributed by atoms with E-state index < -0.39 is 6.23 Å². The average molecular weight is 245 g/mol. The van der Waals surface area contributed by atoms with E-state index in [1.54, 1.807) is 0 Å². The summed E-state index contributed by atoms with van der Waals surface area (Å²) in [5.74, 6) is 0. The molecule has 0 aromatic rings. The molecule has 2 atom stereocenters. The molecule has 0 bridgehead atoms. The van der Waals surface area contributed by atoms with Crippen LogP contribution in [-0.4, -0.2) is 29.1 Å². The Balaban J connectivity index is 3.25. The molecular weight excluding hydrogens is 214 g/mol. The lowest BCUT2D eigenvalue weighted by atomic mass is 10.1. The first kappa shape index (κ1) is 16.9. The van der Waals surface area contributed by atoms with Gasteiger partial charge in [-0.05, 0) is 12.8 Å². The van der Waals surface area contributed by atoms with Crippen LogP contribution in [-0.2, 0) is 0 Å². The molecule has 0 aliphatic heterocycles. The summed E-state index contributed by atoms with van der Waals surface area (Å²) < 4.78 is 0. The molecular formula is C14H31NO2. The van der Waals surface area contributed by atoms with Gasteiger partial charge in [-0.15, -0.1) is 0 Å². The second kappa shape index (κ2) is 12.3. The second-order valence-corrected chi connectivity index (χ2v) is 4.92. The van der Waals surface area contributed by atoms with Gasteiger partial charge in [-0.25, -0.2) is 0 Å². The fourth-order valence-corrected chi connectivity index (χ4v) is 1.91. The Labute approximate surface area is 107 Å². The highest BCUT2D eigenvalue weighted by molar-refractivity contribution is 4.62. The van der Waals surface area contributed by atoms with Gasteiger partial charge in [0.1, 0.15) is 6.23 Å². The number of rotatable bonds is 12. The summed E-state index contributed by atoms with van der Waals surface area (Å²) >= 11 is 0. The van der Waals surface area contributed by atoms with Crippen LogP contribution in [0.3, 0.4) is 0 Å². The van der Waals surface area contributed by atoms with E-state index in [1.165, 1.54) is 32.1 Å². The van der Waals surface area contributed by atoms with Crippen LogP contribution in [0.5, 0.6) is 0 Å².